The zero-order valence-electron chi connectivity index (χ0n) is 14.1. The van der Waals surface area contributed by atoms with Crippen LogP contribution in [0.25, 0.3) is 0 Å². The summed E-state index contributed by atoms with van der Waals surface area (Å²) in [6.45, 7) is 5.78. The lowest BCUT2D eigenvalue weighted by molar-refractivity contribution is -0.0586. The Hall–Kier alpha value is -2.33. The average Bonchev–Trinajstić information content (AvgIpc) is 2.60. The van der Waals surface area contributed by atoms with Crippen LogP contribution >= 0.6 is 0 Å². The van der Waals surface area contributed by atoms with Crippen molar-refractivity contribution < 1.29 is 14.3 Å². The summed E-state index contributed by atoms with van der Waals surface area (Å²) in [6, 6.07) is 17.4. The zero-order valence-corrected chi connectivity index (χ0v) is 14.1. The molecule has 0 aromatic heterocycles. The van der Waals surface area contributed by atoms with E-state index < -0.39 is 0 Å². The molecule has 1 fully saturated rings. The molecule has 0 radical (unpaired) electrons. The molecule has 1 amide bonds. The molecule has 126 valence electrons. The van der Waals surface area contributed by atoms with Crippen LogP contribution in [-0.2, 0) is 11.3 Å². The number of benzene rings is 2. The van der Waals surface area contributed by atoms with Gasteiger partial charge in [-0.05, 0) is 43.7 Å². The van der Waals surface area contributed by atoms with Crippen molar-refractivity contribution in [2.24, 2.45) is 0 Å². The molecule has 24 heavy (non-hydrogen) atoms. The molecule has 0 N–H and O–H groups in total. The first kappa shape index (κ1) is 16.5. The van der Waals surface area contributed by atoms with Gasteiger partial charge in [0.15, 0.2) is 0 Å². The standard InChI is InChI=1S/C20H23NO3/c1-15-12-21(13-16(2)24-15)20(22)18-8-10-19(11-9-18)23-14-17-6-4-3-5-7-17/h3-11,15-16H,12-14H2,1-2H3/t15-,16-/m1/s1. The summed E-state index contributed by atoms with van der Waals surface area (Å²) in [7, 11) is 0. The van der Waals surface area contributed by atoms with E-state index in [9.17, 15) is 4.79 Å². The molecule has 2 aromatic carbocycles. The van der Waals surface area contributed by atoms with Crippen molar-refractivity contribution in [3.8, 4) is 5.75 Å². The Bertz CT molecular complexity index is 659. The molecule has 3 rings (SSSR count). The second kappa shape index (κ2) is 7.49. The molecule has 4 heteroatoms. The van der Waals surface area contributed by atoms with E-state index in [1.807, 2.05) is 73.3 Å². The van der Waals surface area contributed by atoms with E-state index in [-0.39, 0.29) is 18.1 Å². The van der Waals surface area contributed by atoms with E-state index in [4.69, 9.17) is 9.47 Å². The molecular formula is C20H23NO3. The summed E-state index contributed by atoms with van der Waals surface area (Å²) in [5.41, 5.74) is 1.80. The van der Waals surface area contributed by atoms with Crippen molar-refractivity contribution in [3.63, 3.8) is 0 Å². The fourth-order valence-electron chi connectivity index (χ4n) is 2.96. The minimum atomic E-state index is 0.0478. The maximum atomic E-state index is 12.6. The molecule has 0 spiro atoms. The number of morpholine rings is 1. The van der Waals surface area contributed by atoms with Crippen LogP contribution in [0, 0.1) is 0 Å². The molecule has 1 heterocycles. The van der Waals surface area contributed by atoms with Gasteiger partial charge in [0.25, 0.3) is 5.91 Å². The SMILES string of the molecule is C[C@@H]1CN(C(=O)c2ccc(OCc3ccccc3)cc2)C[C@@H](C)O1. The van der Waals surface area contributed by atoms with Gasteiger partial charge in [0.2, 0.25) is 0 Å². The first-order chi connectivity index (χ1) is 11.6. The first-order valence-corrected chi connectivity index (χ1v) is 8.33. The lowest BCUT2D eigenvalue weighted by Gasteiger charge is -2.35. The number of rotatable bonds is 4. The molecule has 0 unspecified atom stereocenters. The van der Waals surface area contributed by atoms with Crippen molar-refractivity contribution in [2.45, 2.75) is 32.7 Å². The summed E-state index contributed by atoms with van der Waals surface area (Å²) in [5.74, 6) is 0.811. The fourth-order valence-corrected chi connectivity index (χ4v) is 2.96. The van der Waals surface area contributed by atoms with Crippen LogP contribution in [-0.4, -0.2) is 36.1 Å². The highest BCUT2D eigenvalue weighted by Crippen LogP contribution is 2.18. The predicted molar refractivity (Wildman–Crippen MR) is 93.1 cm³/mol. The number of amides is 1. The number of hydrogen-bond donors (Lipinski definition) is 0. The molecule has 0 aliphatic carbocycles. The van der Waals surface area contributed by atoms with Gasteiger partial charge < -0.3 is 14.4 Å². The van der Waals surface area contributed by atoms with Gasteiger partial charge in [0, 0.05) is 18.7 Å². The molecule has 2 aromatic rings. The maximum absolute atomic E-state index is 12.6. The highest BCUT2D eigenvalue weighted by atomic mass is 16.5. The lowest BCUT2D eigenvalue weighted by atomic mass is 10.1. The minimum absolute atomic E-state index is 0.0478. The third-order valence-corrected chi connectivity index (χ3v) is 4.06. The molecule has 2 atom stereocenters. The van der Waals surface area contributed by atoms with E-state index in [1.165, 1.54) is 0 Å². The van der Waals surface area contributed by atoms with Crippen molar-refractivity contribution in [1.29, 1.82) is 0 Å². The molecule has 0 saturated carbocycles. The monoisotopic (exact) mass is 325 g/mol. The zero-order chi connectivity index (χ0) is 16.9. The van der Waals surface area contributed by atoms with Crippen LogP contribution in [0.2, 0.25) is 0 Å². The highest BCUT2D eigenvalue weighted by molar-refractivity contribution is 5.94. The fraction of sp³-hybridized carbons (Fsp3) is 0.350. The van der Waals surface area contributed by atoms with Crippen molar-refractivity contribution in [2.75, 3.05) is 13.1 Å². The molecule has 1 aliphatic heterocycles. The van der Waals surface area contributed by atoms with Crippen molar-refractivity contribution >= 4 is 5.91 Å². The van der Waals surface area contributed by atoms with E-state index in [1.54, 1.807) is 0 Å². The van der Waals surface area contributed by atoms with Gasteiger partial charge in [-0.2, -0.15) is 0 Å². The summed E-state index contributed by atoms with van der Waals surface area (Å²) >= 11 is 0. The van der Waals surface area contributed by atoms with Gasteiger partial charge in [-0.3, -0.25) is 4.79 Å². The van der Waals surface area contributed by atoms with Crippen LogP contribution < -0.4 is 4.74 Å². The van der Waals surface area contributed by atoms with Gasteiger partial charge in [0.1, 0.15) is 12.4 Å². The van der Waals surface area contributed by atoms with Crippen molar-refractivity contribution in [1.82, 2.24) is 4.90 Å². The summed E-state index contributed by atoms with van der Waals surface area (Å²) in [5, 5.41) is 0. The van der Waals surface area contributed by atoms with Crippen molar-refractivity contribution in [3.05, 3.63) is 65.7 Å². The largest absolute Gasteiger partial charge is 0.489 e. The minimum Gasteiger partial charge on any atom is -0.489 e. The van der Waals surface area contributed by atoms with Crippen LogP contribution in [0.5, 0.6) is 5.75 Å². The number of ether oxygens (including phenoxy) is 2. The van der Waals surface area contributed by atoms with Gasteiger partial charge in [-0.25, -0.2) is 0 Å². The summed E-state index contributed by atoms with van der Waals surface area (Å²) in [4.78, 5) is 14.5. The number of nitrogens with zero attached hydrogens (tertiary/aromatic N) is 1. The molecule has 4 nitrogen and oxygen atoms in total. The Kier molecular flexibility index (Phi) is 5.16. The van der Waals surface area contributed by atoms with Crippen LogP contribution in [0.15, 0.2) is 54.6 Å². The van der Waals surface area contributed by atoms with Gasteiger partial charge >= 0.3 is 0 Å². The molecule has 1 saturated heterocycles. The van der Waals surface area contributed by atoms with E-state index in [0.29, 0.717) is 25.3 Å². The van der Waals surface area contributed by atoms with Crippen LogP contribution in [0.4, 0.5) is 0 Å². The third kappa shape index (κ3) is 4.15. The Morgan fingerprint density at radius 1 is 1.04 bits per heavy atom. The molecule has 0 bridgehead atoms. The molecule has 1 aliphatic rings. The van der Waals surface area contributed by atoms with Crippen LogP contribution in [0.3, 0.4) is 0 Å². The second-order valence-corrected chi connectivity index (χ2v) is 6.27. The summed E-state index contributed by atoms with van der Waals surface area (Å²) in [6.07, 6.45) is 0.150. The number of carbonyl (C=O) groups is 1. The van der Waals surface area contributed by atoms with Crippen LogP contribution in [0.1, 0.15) is 29.8 Å². The molecular weight excluding hydrogens is 302 g/mol. The Labute approximate surface area is 143 Å². The average molecular weight is 325 g/mol. The smallest absolute Gasteiger partial charge is 0.254 e. The van der Waals surface area contributed by atoms with E-state index in [0.717, 1.165) is 11.3 Å². The maximum Gasteiger partial charge on any atom is 0.254 e. The number of carbonyl (C=O) groups excluding carboxylic acids is 1. The summed E-state index contributed by atoms with van der Waals surface area (Å²) < 4.78 is 11.4. The van der Waals surface area contributed by atoms with E-state index in [2.05, 4.69) is 0 Å². The quantitative estimate of drug-likeness (QED) is 0.863. The number of hydrogen-bond acceptors (Lipinski definition) is 3. The lowest BCUT2D eigenvalue weighted by Crippen LogP contribution is -2.48. The Morgan fingerprint density at radius 2 is 1.67 bits per heavy atom. The van der Waals surface area contributed by atoms with Gasteiger partial charge in [-0.15, -0.1) is 0 Å². The van der Waals surface area contributed by atoms with Gasteiger partial charge in [-0.1, -0.05) is 30.3 Å². The normalized spacial score (nSPS) is 20.7. The third-order valence-electron chi connectivity index (χ3n) is 4.06. The van der Waals surface area contributed by atoms with Gasteiger partial charge in [0.05, 0.1) is 12.2 Å². The highest BCUT2D eigenvalue weighted by Gasteiger charge is 2.26. The van der Waals surface area contributed by atoms with E-state index >= 15 is 0 Å². The second-order valence-electron chi connectivity index (χ2n) is 6.27. The Morgan fingerprint density at radius 3 is 2.29 bits per heavy atom. The predicted octanol–water partition coefficient (Wildman–Crippen LogP) is 3.52. The first-order valence-electron chi connectivity index (χ1n) is 8.33. The Balaban J connectivity index is 1.60. The topological polar surface area (TPSA) is 38.8 Å².